The van der Waals surface area contributed by atoms with Gasteiger partial charge in [-0.15, -0.1) is 0 Å². The Labute approximate surface area is 185 Å². The van der Waals surface area contributed by atoms with Gasteiger partial charge < -0.3 is 14.4 Å². The zero-order chi connectivity index (χ0) is 21.8. The molecule has 7 heteroatoms. The summed E-state index contributed by atoms with van der Waals surface area (Å²) in [7, 11) is -0.972. The Hall–Kier alpha value is -1.93. The minimum absolute atomic E-state index is 0.257. The van der Waals surface area contributed by atoms with Crippen molar-refractivity contribution in [2.24, 2.45) is 0 Å². The van der Waals surface area contributed by atoms with Gasteiger partial charge in [-0.3, -0.25) is 4.90 Å². The third-order valence-corrected chi connectivity index (χ3v) is 7.36. The lowest BCUT2D eigenvalue weighted by molar-refractivity contribution is -0.897. The molecule has 1 saturated heterocycles. The van der Waals surface area contributed by atoms with Crippen molar-refractivity contribution in [3.05, 3.63) is 59.2 Å². The number of rotatable bonds is 7. The van der Waals surface area contributed by atoms with Crippen LogP contribution in [0.2, 0.25) is 0 Å². The normalized spacial score (nSPS) is 22.1. The number of benzene rings is 2. The first-order valence-corrected chi connectivity index (χ1v) is 13.0. The van der Waals surface area contributed by atoms with Crippen LogP contribution >= 0.6 is 0 Å². The Kier molecular flexibility index (Phi) is 6.96. The molecule has 1 N–H and O–H groups in total. The third kappa shape index (κ3) is 5.66. The van der Waals surface area contributed by atoms with Gasteiger partial charge in [-0.1, -0.05) is 18.2 Å². The van der Waals surface area contributed by atoms with E-state index in [4.69, 9.17) is 9.47 Å². The quantitative estimate of drug-likeness (QED) is 0.652. The van der Waals surface area contributed by atoms with Crippen LogP contribution in [-0.2, 0) is 21.1 Å². The van der Waals surface area contributed by atoms with Gasteiger partial charge in [-0.2, -0.15) is 0 Å². The van der Waals surface area contributed by atoms with Crippen LogP contribution in [0, 0.1) is 0 Å². The van der Waals surface area contributed by atoms with Crippen molar-refractivity contribution in [3.8, 4) is 5.75 Å². The molecule has 2 aliphatic heterocycles. The van der Waals surface area contributed by atoms with E-state index in [2.05, 4.69) is 30.1 Å². The number of ether oxygens (including phenoxy) is 2. The molecule has 4 rings (SSSR count). The number of morpholine rings is 1. The van der Waals surface area contributed by atoms with E-state index in [1.807, 2.05) is 12.1 Å². The molecule has 2 aromatic rings. The van der Waals surface area contributed by atoms with Crippen LogP contribution < -0.4 is 9.64 Å². The molecule has 2 atom stereocenters. The summed E-state index contributed by atoms with van der Waals surface area (Å²) >= 11 is 0. The average Bonchev–Trinajstić information content (AvgIpc) is 2.76. The number of nitrogens with one attached hydrogen (secondary N) is 1. The minimum Gasteiger partial charge on any atom is -0.494 e. The summed E-state index contributed by atoms with van der Waals surface area (Å²) in [6.45, 7) is 7.42. The Morgan fingerprint density at radius 1 is 1.13 bits per heavy atom. The van der Waals surface area contributed by atoms with Crippen molar-refractivity contribution >= 4 is 9.84 Å². The molecule has 31 heavy (non-hydrogen) atoms. The lowest BCUT2D eigenvalue weighted by atomic mass is 9.85. The van der Waals surface area contributed by atoms with Gasteiger partial charge in [-0.25, -0.2) is 8.42 Å². The highest BCUT2D eigenvalue weighted by Crippen LogP contribution is 2.31. The molecule has 2 aromatic carbocycles. The van der Waals surface area contributed by atoms with Gasteiger partial charge >= 0.3 is 0 Å². The van der Waals surface area contributed by atoms with Gasteiger partial charge in [0.1, 0.15) is 12.3 Å². The highest BCUT2D eigenvalue weighted by Gasteiger charge is 2.28. The fraction of sp³-hybridized carbons (Fsp3) is 0.500. The third-order valence-electron chi connectivity index (χ3n) is 6.24. The molecule has 2 unspecified atom stereocenters. The number of hydrogen-bond donors (Lipinski definition) is 1. The zero-order valence-corrected chi connectivity index (χ0v) is 19.3. The Morgan fingerprint density at radius 2 is 1.87 bits per heavy atom. The van der Waals surface area contributed by atoms with Crippen LogP contribution in [0.15, 0.2) is 47.4 Å². The molecular weight excluding hydrogens is 412 g/mol. The topological polar surface area (TPSA) is 60.3 Å². The highest BCUT2D eigenvalue weighted by atomic mass is 32.2. The first-order chi connectivity index (χ1) is 14.9. The van der Waals surface area contributed by atoms with Crippen molar-refractivity contribution in [1.82, 2.24) is 4.90 Å². The lowest BCUT2D eigenvalue weighted by Gasteiger charge is -2.30. The van der Waals surface area contributed by atoms with Crippen molar-refractivity contribution in [2.75, 3.05) is 59.3 Å². The van der Waals surface area contributed by atoms with Gasteiger partial charge in [0.05, 0.1) is 44.2 Å². The largest absolute Gasteiger partial charge is 0.494 e. The molecule has 0 spiro atoms. The number of quaternary nitrogens is 1. The van der Waals surface area contributed by atoms with E-state index in [1.165, 1.54) is 22.3 Å². The first kappa shape index (κ1) is 22.3. The summed E-state index contributed by atoms with van der Waals surface area (Å²) in [6.07, 6.45) is 2.26. The molecule has 2 aliphatic rings. The second-order valence-corrected chi connectivity index (χ2v) is 10.8. The molecule has 0 aromatic heterocycles. The van der Waals surface area contributed by atoms with E-state index in [0.717, 1.165) is 70.3 Å². The standard InChI is InChI=1S/C24H32N2O4S/c1-25-17-20-16-21(30-13-3-10-26-11-14-29-15-12-26)6-9-23(20)24(18-25)19-4-7-22(8-5-19)31(2,27)28/h4-9,16,24H,3,10-15,17-18H2,1-2H3/p+1. The molecule has 0 radical (unpaired) electrons. The maximum atomic E-state index is 11.8. The van der Waals surface area contributed by atoms with E-state index in [1.54, 1.807) is 12.1 Å². The molecule has 168 valence electrons. The fourth-order valence-corrected chi connectivity index (χ4v) is 5.20. The van der Waals surface area contributed by atoms with Crippen LogP contribution in [0.4, 0.5) is 0 Å². The fourth-order valence-electron chi connectivity index (χ4n) is 4.57. The van der Waals surface area contributed by atoms with Crippen molar-refractivity contribution in [3.63, 3.8) is 0 Å². The predicted molar refractivity (Wildman–Crippen MR) is 121 cm³/mol. The van der Waals surface area contributed by atoms with Crippen LogP contribution in [0.25, 0.3) is 0 Å². The SMILES string of the molecule is C[NH+]1Cc2cc(OCCCN3CCOCC3)ccc2C(c2ccc(S(C)(=O)=O)cc2)C1. The van der Waals surface area contributed by atoms with Crippen LogP contribution in [0.1, 0.15) is 29.0 Å². The maximum absolute atomic E-state index is 11.8. The first-order valence-electron chi connectivity index (χ1n) is 11.1. The van der Waals surface area contributed by atoms with Crippen LogP contribution in [-0.4, -0.2) is 72.6 Å². The Balaban J connectivity index is 1.42. The van der Waals surface area contributed by atoms with Gasteiger partial charge in [0.25, 0.3) is 0 Å². The smallest absolute Gasteiger partial charge is 0.175 e. The van der Waals surface area contributed by atoms with E-state index in [0.29, 0.717) is 4.90 Å². The highest BCUT2D eigenvalue weighted by molar-refractivity contribution is 7.90. The maximum Gasteiger partial charge on any atom is 0.175 e. The summed E-state index contributed by atoms with van der Waals surface area (Å²) < 4.78 is 35.0. The Morgan fingerprint density at radius 3 is 2.58 bits per heavy atom. The number of nitrogens with zero attached hydrogens (tertiary/aromatic N) is 1. The summed E-state index contributed by atoms with van der Waals surface area (Å²) in [6, 6.07) is 13.8. The minimum atomic E-state index is -3.18. The van der Waals surface area contributed by atoms with Crippen molar-refractivity contribution in [2.45, 2.75) is 23.8 Å². The van der Waals surface area contributed by atoms with Gasteiger partial charge in [0.2, 0.25) is 0 Å². The molecular formula is C24H33N2O4S+. The second kappa shape index (κ2) is 9.69. The monoisotopic (exact) mass is 445 g/mol. The summed E-state index contributed by atoms with van der Waals surface area (Å²) in [5.41, 5.74) is 3.79. The van der Waals surface area contributed by atoms with E-state index >= 15 is 0 Å². The Bertz CT molecular complexity index is 985. The average molecular weight is 446 g/mol. The van der Waals surface area contributed by atoms with Gasteiger partial charge in [-0.05, 0) is 41.8 Å². The summed E-state index contributed by atoms with van der Waals surface area (Å²) in [5.74, 6) is 1.19. The van der Waals surface area contributed by atoms with E-state index in [9.17, 15) is 8.42 Å². The molecule has 0 saturated carbocycles. The van der Waals surface area contributed by atoms with Gasteiger partial charge in [0, 0.05) is 31.5 Å². The molecule has 1 fully saturated rings. The van der Waals surface area contributed by atoms with Gasteiger partial charge in [0.15, 0.2) is 9.84 Å². The summed E-state index contributed by atoms with van der Waals surface area (Å²) in [4.78, 5) is 4.24. The van der Waals surface area contributed by atoms with E-state index in [-0.39, 0.29) is 5.92 Å². The number of fused-ring (bicyclic) bond motifs is 1. The number of likely N-dealkylation sites (N-methyl/N-ethyl adjacent to an activating group) is 1. The predicted octanol–water partition coefficient (Wildman–Crippen LogP) is 1.35. The van der Waals surface area contributed by atoms with E-state index < -0.39 is 9.84 Å². The molecule has 2 heterocycles. The number of sulfone groups is 1. The van der Waals surface area contributed by atoms with Crippen LogP contribution in [0.5, 0.6) is 5.75 Å². The molecule has 6 nitrogen and oxygen atoms in total. The zero-order valence-electron chi connectivity index (χ0n) is 18.5. The molecule has 0 aliphatic carbocycles. The van der Waals surface area contributed by atoms with Crippen molar-refractivity contribution in [1.29, 1.82) is 0 Å². The molecule has 0 bridgehead atoms. The second-order valence-electron chi connectivity index (χ2n) is 8.75. The molecule has 0 amide bonds. The lowest BCUT2D eigenvalue weighted by Crippen LogP contribution is -3.09. The van der Waals surface area contributed by atoms with Crippen molar-refractivity contribution < 1.29 is 22.8 Å². The van der Waals surface area contributed by atoms with Crippen LogP contribution in [0.3, 0.4) is 0 Å². The summed E-state index contributed by atoms with van der Waals surface area (Å²) in [5, 5.41) is 0. The number of hydrogen-bond acceptors (Lipinski definition) is 5.